The van der Waals surface area contributed by atoms with Gasteiger partial charge >= 0.3 is 0 Å². The SMILES string of the molecule is Cc1cc(CN[C@H]2CC[C@@H](Nc3nc(N(C)C)c4ccccc4n3)CC2)nn1C(C)(C)C. The monoisotopic (exact) mass is 435 g/mol. The summed E-state index contributed by atoms with van der Waals surface area (Å²) < 4.78 is 2.12. The Morgan fingerprint density at radius 1 is 1.03 bits per heavy atom. The van der Waals surface area contributed by atoms with Crippen LogP contribution in [0.15, 0.2) is 30.3 Å². The summed E-state index contributed by atoms with van der Waals surface area (Å²) in [6.07, 6.45) is 4.51. The van der Waals surface area contributed by atoms with Gasteiger partial charge in [-0.1, -0.05) is 12.1 Å². The van der Waals surface area contributed by atoms with E-state index in [-0.39, 0.29) is 5.54 Å². The average Bonchev–Trinajstić information content (AvgIpc) is 3.13. The summed E-state index contributed by atoms with van der Waals surface area (Å²) in [5.74, 6) is 1.69. The van der Waals surface area contributed by atoms with Crippen LogP contribution in [0.5, 0.6) is 0 Å². The predicted molar refractivity (Wildman–Crippen MR) is 132 cm³/mol. The first-order valence-electron chi connectivity index (χ1n) is 11.7. The quantitative estimate of drug-likeness (QED) is 0.595. The van der Waals surface area contributed by atoms with E-state index in [4.69, 9.17) is 15.1 Å². The lowest BCUT2D eigenvalue weighted by Crippen LogP contribution is -2.37. The van der Waals surface area contributed by atoms with E-state index in [0.29, 0.717) is 12.1 Å². The van der Waals surface area contributed by atoms with Gasteiger partial charge in [0.2, 0.25) is 5.95 Å². The number of fused-ring (bicyclic) bond motifs is 1. The number of aromatic nitrogens is 4. The van der Waals surface area contributed by atoms with Gasteiger partial charge in [0.1, 0.15) is 5.82 Å². The molecule has 3 aromatic rings. The molecule has 32 heavy (non-hydrogen) atoms. The molecule has 0 bridgehead atoms. The maximum absolute atomic E-state index is 4.80. The lowest BCUT2D eigenvalue weighted by molar-refractivity contribution is 0.336. The van der Waals surface area contributed by atoms with Crippen molar-refractivity contribution >= 4 is 22.7 Å². The standard InChI is InChI=1S/C25H37N7/c1-17-15-20(30-32(17)25(2,3)4)16-26-18-11-13-19(14-12-18)27-24-28-22-10-8-7-9-21(22)23(29-24)31(5)6/h7-10,15,18-19,26H,11-14,16H2,1-6H3,(H,27,28,29)/t18-,19+. The Morgan fingerprint density at radius 3 is 2.38 bits per heavy atom. The Labute approximate surface area is 191 Å². The van der Waals surface area contributed by atoms with Crippen LogP contribution in [0.25, 0.3) is 10.9 Å². The highest BCUT2D eigenvalue weighted by Gasteiger charge is 2.23. The largest absolute Gasteiger partial charge is 0.362 e. The number of rotatable bonds is 6. The molecule has 1 aliphatic rings. The van der Waals surface area contributed by atoms with E-state index >= 15 is 0 Å². The summed E-state index contributed by atoms with van der Waals surface area (Å²) in [4.78, 5) is 11.6. The highest BCUT2D eigenvalue weighted by Crippen LogP contribution is 2.26. The zero-order valence-corrected chi connectivity index (χ0v) is 20.3. The zero-order valence-electron chi connectivity index (χ0n) is 20.3. The molecule has 2 N–H and O–H groups in total. The van der Waals surface area contributed by atoms with Gasteiger partial charge in [-0.3, -0.25) is 4.68 Å². The Bertz CT molecular complexity index is 1060. The molecule has 0 atom stereocenters. The van der Waals surface area contributed by atoms with Gasteiger partial charge in [0.15, 0.2) is 0 Å². The van der Waals surface area contributed by atoms with Gasteiger partial charge in [0.25, 0.3) is 0 Å². The number of anilines is 2. The number of benzene rings is 1. The minimum Gasteiger partial charge on any atom is -0.362 e. The van der Waals surface area contributed by atoms with Crippen LogP contribution in [0.3, 0.4) is 0 Å². The molecule has 0 radical (unpaired) electrons. The minimum absolute atomic E-state index is 0.0172. The molecule has 1 aromatic carbocycles. The van der Waals surface area contributed by atoms with E-state index in [1.165, 1.54) is 5.69 Å². The van der Waals surface area contributed by atoms with Gasteiger partial charge in [-0.2, -0.15) is 10.1 Å². The molecule has 0 aliphatic heterocycles. The first-order chi connectivity index (χ1) is 15.2. The topological polar surface area (TPSA) is 70.9 Å². The first kappa shape index (κ1) is 22.5. The molecule has 2 aromatic heterocycles. The number of nitrogens with zero attached hydrogens (tertiary/aromatic N) is 5. The molecule has 4 rings (SSSR count). The second-order valence-corrected chi connectivity index (χ2v) is 10.2. The van der Waals surface area contributed by atoms with Crippen molar-refractivity contribution in [3.05, 3.63) is 41.7 Å². The third kappa shape index (κ3) is 5.04. The van der Waals surface area contributed by atoms with E-state index in [0.717, 1.165) is 60.6 Å². The number of aryl methyl sites for hydroxylation is 1. The van der Waals surface area contributed by atoms with Gasteiger partial charge in [0, 0.05) is 43.8 Å². The molecule has 0 unspecified atom stereocenters. The third-order valence-corrected chi connectivity index (χ3v) is 6.21. The lowest BCUT2D eigenvalue weighted by Gasteiger charge is -2.30. The highest BCUT2D eigenvalue weighted by molar-refractivity contribution is 5.90. The van der Waals surface area contributed by atoms with Crippen LogP contribution in [0.4, 0.5) is 11.8 Å². The second-order valence-electron chi connectivity index (χ2n) is 10.2. The van der Waals surface area contributed by atoms with Crippen LogP contribution in [-0.2, 0) is 12.1 Å². The summed E-state index contributed by atoms with van der Waals surface area (Å²) in [7, 11) is 4.06. The molecule has 7 heteroatoms. The summed E-state index contributed by atoms with van der Waals surface area (Å²) in [6.45, 7) is 9.54. The van der Waals surface area contributed by atoms with Crippen molar-refractivity contribution in [2.45, 2.75) is 77.5 Å². The smallest absolute Gasteiger partial charge is 0.225 e. The summed E-state index contributed by atoms with van der Waals surface area (Å²) in [5, 5.41) is 13.2. The number of hydrogen-bond donors (Lipinski definition) is 2. The normalized spacial score (nSPS) is 19.3. The highest BCUT2D eigenvalue weighted by atomic mass is 15.3. The van der Waals surface area contributed by atoms with Crippen LogP contribution in [0, 0.1) is 6.92 Å². The van der Waals surface area contributed by atoms with Crippen LogP contribution < -0.4 is 15.5 Å². The molecular weight excluding hydrogens is 398 g/mol. The molecule has 0 spiro atoms. The predicted octanol–water partition coefficient (Wildman–Crippen LogP) is 4.47. The summed E-state index contributed by atoms with van der Waals surface area (Å²) in [5.41, 5.74) is 3.34. The minimum atomic E-state index is 0.0172. The molecule has 1 saturated carbocycles. The van der Waals surface area contributed by atoms with Crippen LogP contribution in [0.2, 0.25) is 0 Å². The first-order valence-corrected chi connectivity index (χ1v) is 11.7. The van der Waals surface area contributed by atoms with E-state index in [1.54, 1.807) is 0 Å². The molecule has 0 saturated heterocycles. The number of nitrogens with one attached hydrogen (secondary N) is 2. The van der Waals surface area contributed by atoms with Gasteiger partial charge in [-0.15, -0.1) is 0 Å². The molecule has 1 fully saturated rings. The number of para-hydroxylation sites is 1. The lowest BCUT2D eigenvalue weighted by atomic mass is 9.91. The molecule has 0 amide bonds. The van der Waals surface area contributed by atoms with Gasteiger partial charge in [0.05, 0.1) is 16.7 Å². The Balaban J connectivity index is 1.33. The maximum Gasteiger partial charge on any atom is 0.225 e. The Morgan fingerprint density at radius 2 is 1.72 bits per heavy atom. The van der Waals surface area contributed by atoms with Crippen molar-refractivity contribution < 1.29 is 0 Å². The van der Waals surface area contributed by atoms with Gasteiger partial charge < -0.3 is 15.5 Å². The van der Waals surface area contributed by atoms with Crippen LogP contribution in [-0.4, -0.2) is 45.9 Å². The van der Waals surface area contributed by atoms with E-state index in [2.05, 4.69) is 66.1 Å². The van der Waals surface area contributed by atoms with Gasteiger partial charge in [-0.25, -0.2) is 4.98 Å². The maximum atomic E-state index is 4.80. The van der Waals surface area contributed by atoms with E-state index < -0.39 is 0 Å². The van der Waals surface area contributed by atoms with Crippen LogP contribution >= 0.6 is 0 Å². The molecule has 172 valence electrons. The van der Waals surface area contributed by atoms with Crippen molar-refractivity contribution in [3.63, 3.8) is 0 Å². The van der Waals surface area contributed by atoms with Crippen molar-refractivity contribution in [3.8, 4) is 0 Å². The molecular formula is C25H37N7. The fourth-order valence-electron chi connectivity index (χ4n) is 4.64. The van der Waals surface area contributed by atoms with E-state index in [1.807, 2.05) is 26.2 Å². The number of hydrogen-bond acceptors (Lipinski definition) is 6. The fourth-order valence-corrected chi connectivity index (χ4v) is 4.64. The Hall–Kier alpha value is -2.67. The zero-order chi connectivity index (χ0) is 22.9. The molecule has 7 nitrogen and oxygen atoms in total. The van der Waals surface area contributed by atoms with Crippen molar-refractivity contribution in [2.24, 2.45) is 0 Å². The van der Waals surface area contributed by atoms with Crippen molar-refractivity contribution in [1.29, 1.82) is 0 Å². The Kier molecular flexibility index (Phi) is 6.38. The van der Waals surface area contributed by atoms with Crippen molar-refractivity contribution in [1.82, 2.24) is 25.1 Å². The molecule has 2 heterocycles. The average molecular weight is 436 g/mol. The third-order valence-electron chi connectivity index (χ3n) is 6.21. The molecule has 1 aliphatic carbocycles. The summed E-state index contributed by atoms with van der Waals surface area (Å²) >= 11 is 0. The summed E-state index contributed by atoms with van der Waals surface area (Å²) in [6, 6.07) is 11.3. The van der Waals surface area contributed by atoms with Crippen LogP contribution in [0.1, 0.15) is 57.8 Å². The van der Waals surface area contributed by atoms with E-state index in [9.17, 15) is 0 Å². The second kappa shape index (κ2) is 9.06. The van der Waals surface area contributed by atoms with Gasteiger partial charge in [-0.05, 0) is 71.6 Å². The van der Waals surface area contributed by atoms with Crippen molar-refractivity contribution in [2.75, 3.05) is 24.3 Å². The fraction of sp³-hybridized carbons (Fsp3) is 0.560.